The van der Waals surface area contributed by atoms with Crippen LogP contribution in [0.1, 0.15) is 15.9 Å². The summed E-state index contributed by atoms with van der Waals surface area (Å²) in [6.45, 7) is 0.499. The van der Waals surface area contributed by atoms with Gasteiger partial charge in [0.1, 0.15) is 0 Å². The van der Waals surface area contributed by atoms with E-state index in [4.69, 9.17) is 5.84 Å². The van der Waals surface area contributed by atoms with E-state index in [1.807, 2.05) is 36.4 Å². The zero-order valence-electron chi connectivity index (χ0n) is 9.89. The van der Waals surface area contributed by atoms with Crippen molar-refractivity contribution in [2.24, 2.45) is 5.84 Å². The molecule has 0 radical (unpaired) electrons. The van der Waals surface area contributed by atoms with Gasteiger partial charge in [-0.1, -0.05) is 42.5 Å². The number of carbonyl (C=O) groups excluding carboxylic acids is 1. The smallest absolute Gasteiger partial charge is 0.253 e. The Morgan fingerprint density at radius 1 is 1.00 bits per heavy atom. The molecule has 0 spiro atoms. The van der Waals surface area contributed by atoms with Gasteiger partial charge in [0.2, 0.25) is 0 Å². The first kappa shape index (κ1) is 12.1. The predicted molar refractivity (Wildman–Crippen MR) is 71.9 cm³/mol. The van der Waals surface area contributed by atoms with Crippen molar-refractivity contribution in [3.05, 3.63) is 65.7 Å². The van der Waals surface area contributed by atoms with E-state index in [1.54, 1.807) is 18.2 Å². The van der Waals surface area contributed by atoms with E-state index in [0.29, 0.717) is 17.8 Å². The maximum Gasteiger partial charge on any atom is 0.253 e. The number of hydrazine groups is 1. The molecule has 0 saturated heterocycles. The lowest BCUT2D eigenvalue weighted by Crippen LogP contribution is -2.24. The minimum atomic E-state index is -0.146. The van der Waals surface area contributed by atoms with Crippen LogP contribution < -0.4 is 16.6 Å². The molecule has 2 aromatic carbocycles. The van der Waals surface area contributed by atoms with Crippen LogP contribution in [0.25, 0.3) is 0 Å². The molecule has 0 saturated carbocycles. The second-order valence-electron chi connectivity index (χ2n) is 3.86. The first-order valence-electron chi connectivity index (χ1n) is 5.69. The summed E-state index contributed by atoms with van der Waals surface area (Å²) in [6, 6.07) is 16.9. The minimum Gasteiger partial charge on any atom is -0.348 e. The molecule has 2 aromatic rings. The van der Waals surface area contributed by atoms with Crippen molar-refractivity contribution >= 4 is 11.6 Å². The number of hydrogen-bond donors (Lipinski definition) is 3. The SMILES string of the molecule is NNc1ccccc1C(=O)NCc1ccccc1. The van der Waals surface area contributed by atoms with Crippen LogP contribution in [0.3, 0.4) is 0 Å². The van der Waals surface area contributed by atoms with Gasteiger partial charge >= 0.3 is 0 Å². The fourth-order valence-electron chi connectivity index (χ4n) is 1.68. The van der Waals surface area contributed by atoms with Crippen molar-refractivity contribution in [2.45, 2.75) is 6.54 Å². The van der Waals surface area contributed by atoms with Gasteiger partial charge in [0.15, 0.2) is 0 Å². The zero-order chi connectivity index (χ0) is 12.8. The molecule has 4 nitrogen and oxygen atoms in total. The Labute approximate surface area is 106 Å². The fourth-order valence-corrected chi connectivity index (χ4v) is 1.68. The molecule has 4 heteroatoms. The summed E-state index contributed by atoms with van der Waals surface area (Å²) in [5.41, 5.74) is 4.72. The first-order valence-corrected chi connectivity index (χ1v) is 5.69. The number of hydrogen-bond acceptors (Lipinski definition) is 3. The largest absolute Gasteiger partial charge is 0.348 e. The highest BCUT2D eigenvalue weighted by Gasteiger charge is 2.09. The Balaban J connectivity index is 2.04. The second kappa shape index (κ2) is 5.84. The number of para-hydroxylation sites is 1. The van der Waals surface area contributed by atoms with Crippen molar-refractivity contribution in [3.63, 3.8) is 0 Å². The van der Waals surface area contributed by atoms with E-state index in [-0.39, 0.29) is 5.91 Å². The summed E-state index contributed by atoms with van der Waals surface area (Å²) >= 11 is 0. The summed E-state index contributed by atoms with van der Waals surface area (Å²) in [5.74, 6) is 5.22. The van der Waals surface area contributed by atoms with Crippen LogP contribution in [0.2, 0.25) is 0 Å². The lowest BCUT2D eigenvalue weighted by Gasteiger charge is -2.09. The molecule has 0 aliphatic carbocycles. The lowest BCUT2D eigenvalue weighted by molar-refractivity contribution is 0.0951. The maximum absolute atomic E-state index is 12.0. The summed E-state index contributed by atoms with van der Waals surface area (Å²) in [5, 5.41) is 2.86. The maximum atomic E-state index is 12.0. The molecule has 0 aromatic heterocycles. The number of carbonyl (C=O) groups is 1. The average molecular weight is 241 g/mol. The standard InChI is InChI=1S/C14H15N3O/c15-17-13-9-5-4-8-12(13)14(18)16-10-11-6-2-1-3-7-11/h1-9,17H,10,15H2,(H,16,18). The summed E-state index contributed by atoms with van der Waals surface area (Å²) in [7, 11) is 0. The molecule has 0 unspecified atom stereocenters. The fraction of sp³-hybridized carbons (Fsp3) is 0.0714. The molecule has 0 heterocycles. The summed E-state index contributed by atoms with van der Waals surface area (Å²) < 4.78 is 0. The van der Waals surface area contributed by atoms with Gasteiger partial charge in [-0.2, -0.15) is 0 Å². The highest BCUT2D eigenvalue weighted by atomic mass is 16.1. The number of nitrogens with two attached hydrogens (primary N) is 1. The summed E-state index contributed by atoms with van der Waals surface area (Å²) in [6.07, 6.45) is 0. The van der Waals surface area contributed by atoms with Gasteiger partial charge in [-0.25, -0.2) is 0 Å². The topological polar surface area (TPSA) is 67.1 Å². The van der Waals surface area contributed by atoms with E-state index < -0.39 is 0 Å². The van der Waals surface area contributed by atoms with Crippen LogP contribution in [0.15, 0.2) is 54.6 Å². The molecule has 1 amide bonds. The van der Waals surface area contributed by atoms with Gasteiger partial charge in [0, 0.05) is 6.54 Å². The number of nitrogens with one attached hydrogen (secondary N) is 2. The molecule has 4 N–H and O–H groups in total. The van der Waals surface area contributed by atoms with Crippen LogP contribution in [-0.2, 0) is 6.54 Å². The third kappa shape index (κ3) is 2.87. The van der Waals surface area contributed by atoms with Crippen molar-refractivity contribution in [3.8, 4) is 0 Å². The molecule has 0 aliphatic rings. The molecular weight excluding hydrogens is 226 g/mol. The van der Waals surface area contributed by atoms with E-state index in [9.17, 15) is 4.79 Å². The molecule has 0 bridgehead atoms. The lowest BCUT2D eigenvalue weighted by atomic mass is 10.1. The predicted octanol–water partition coefficient (Wildman–Crippen LogP) is 1.90. The highest BCUT2D eigenvalue weighted by Crippen LogP contribution is 2.13. The quantitative estimate of drug-likeness (QED) is 0.565. The van der Waals surface area contributed by atoms with E-state index >= 15 is 0 Å². The monoisotopic (exact) mass is 241 g/mol. The van der Waals surface area contributed by atoms with Crippen molar-refractivity contribution in [2.75, 3.05) is 5.43 Å². The van der Waals surface area contributed by atoms with Gasteiger partial charge in [-0.05, 0) is 17.7 Å². The van der Waals surface area contributed by atoms with E-state index in [1.165, 1.54) is 0 Å². The van der Waals surface area contributed by atoms with E-state index in [2.05, 4.69) is 10.7 Å². The van der Waals surface area contributed by atoms with Crippen LogP contribution in [0.4, 0.5) is 5.69 Å². The second-order valence-corrected chi connectivity index (χ2v) is 3.86. The molecule has 0 fully saturated rings. The number of nitrogen functional groups attached to an aromatic ring is 1. The van der Waals surface area contributed by atoms with Gasteiger partial charge in [0.25, 0.3) is 5.91 Å². The number of amides is 1. The number of benzene rings is 2. The third-order valence-corrected chi connectivity index (χ3v) is 2.62. The Bertz CT molecular complexity index is 526. The van der Waals surface area contributed by atoms with E-state index in [0.717, 1.165) is 5.56 Å². The van der Waals surface area contributed by atoms with Crippen molar-refractivity contribution < 1.29 is 4.79 Å². The number of rotatable bonds is 4. The highest BCUT2D eigenvalue weighted by molar-refractivity contribution is 5.99. The van der Waals surface area contributed by atoms with Gasteiger partial charge in [-0.3, -0.25) is 10.6 Å². The molecular formula is C14H15N3O. The van der Waals surface area contributed by atoms with Crippen LogP contribution in [-0.4, -0.2) is 5.91 Å². The minimum absolute atomic E-state index is 0.146. The summed E-state index contributed by atoms with van der Waals surface area (Å²) in [4.78, 5) is 12.0. The zero-order valence-corrected chi connectivity index (χ0v) is 9.89. The Hall–Kier alpha value is -2.33. The van der Waals surface area contributed by atoms with Crippen LogP contribution >= 0.6 is 0 Å². The van der Waals surface area contributed by atoms with Gasteiger partial charge in [0.05, 0.1) is 11.3 Å². The number of anilines is 1. The molecule has 92 valence electrons. The Morgan fingerprint density at radius 3 is 2.39 bits per heavy atom. The van der Waals surface area contributed by atoms with Crippen molar-refractivity contribution in [1.29, 1.82) is 0 Å². The van der Waals surface area contributed by atoms with Crippen molar-refractivity contribution in [1.82, 2.24) is 5.32 Å². The van der Waals surface area contributed by atoms with Gasteiger partial charge < -0.3 is 10.7 Å². The average Bonchev–Trinajstić information content (AvgIpc) is 2.45. The Kier molecular flexibility index (Phi) is 3.94. The normalized spacial score (nSPS) is 9.83. The molecule has 18 heavy (non-hydrogen) atoms. The molecule has 2 rings (SSSR count). The van der Waals surface area contributed by atoms with Crippen LogP contribution in [0.5, 0.6) is 0 Å². The van der Waals surface area contributed by atoms with Gasteiger partial charge in [-0.15, -0.1) is 0 Å². The third-order valence-electron chi connectivity index (χ3n) is 2.62. The Morgan fingerprint density at radius 2 is 1.67 bits per heavy atom. The molecule has 0 aliphatic heterocycles. The molecule has 0 atom stereocenters. The van der Waals surface area contributed by atoms with Crippen LogP contribution in [0, 0.1) is 0 Å². The first-order chi connectivity index (χ1) is 8.81.